The lowest BCUT2D eigenvalue weighted by molar-refractivity contribution is -0.120. The smallest absolute Gasteiger partial charge is 0.253 e. The van der Waals surface area contributed by atoms with Crippen LogP contribution >= 0.6 is 22.7 Å². The molecule has 1 N–H and O–H groups in total. The molecule has 6 nitrogen and oxygen atoms in total. The Labute approximate surface area is 165 Å². The molecule has 0 fully saturated rings. The monoisotopic (exact) mass is 419 g/mol. The Kier molecular flexibility index (Phi) is 4.85. The van der Waals surface area contributed by atoms with Crippen LogP contribution in [0.25, 0.3) is 0 Å². The zero-order valence-corrected chi connectivity index (χ0v) is 16.9. The average molecular weight is 420 g/mol. The zero-order chi connectivity index (χ0) is 19.0. The summed E-state index contributed by atoms with van der Waals surface area (Å²) in [4.78, 5) is 18.1. The Morgan fingerprint density at radius 2 is 2.00 bits per heavy atom. The number of sulfonamides is 1. The van der Waals surface area contributed by atoms with Crippen LogP contribution in [-0.4, -0.2) is 29.7 Å². The fraction of sp³-hybridized carbons (Fsp3) is 0.222. The minimum Gasteiger partial charge on any atom is -0.301 e. The molecule has 1 aliphatic heterocycles. The van der Waals surface area contributed by atoms with Crippen LogP contribution in [-0.2, 0) is 27.8 Å². The van der Waals surface area contributed by atoms with Crippen LogP contribution in [0.3, 0.4) is 0 Å². The van der Waals surface area contributed by atoms with Crippen LogP contribution in [0.4, 0.5) is 5.13 Å². The molecule has 0 spiro atoms. The molecule has 0 radical (unpaired) electrons. The van der Waals surface area contributed by atoms with Crippen LogP contribution in [0, 0.1) is 6.92 Å². The predicted molar refractivity (Wildman–Crippen MR) is 106 cm³/mol. The summed E-state index contributed by atoms with van der Waals surface area (Å²) in [5, 5.41) is 4.97. The van der Waals surface area contributed by atoms with E-state index in [-0.39, 0.29) is 16.7 Å². The second-order valence-electron chi connectivity index (χ2n) is 6.24. The molecule has 0 saturated carbocycles. The van der Waals surface area contributed by atoms with Crippen LogP contribution < -0.4 is 5.32 Å². The van der Waals surface area contributed by atoms with Gasteiger partial charge in [-0.2, -0.15) is 4.31 Å². The first-order valence-electron chi connectivity index (χ1n) is 8.30. The molecule has 2 aromatic heterocycles. The normalized spacial score (nSPS) is 17.4. The SMILES string of the molecule is Cc1cnc(NC(=O)C2Cc3ccccc3CN2S(=O)(=O)c2cccs2)s1. The third-order valence-electron chi connectivity index (χ3n) is 4.42. The molecule has 3 aromatic rings. The van der Waals surface area contributed by atoms with E-state index in [1.54, 1.807) is 23.7 Å². The highest BCUT2D eigenvalue weighted by molar-refractivity contribution is 7.91. The number of anilines is 1. The molecule has 1 aliphatic rings. The summed E-state index contributed by atoms with van der Waals surface area (Å²) in [7, 11) is -3.77. The van der Waals surface area contributed by atoms with E-state index in [0.29, 0.717) is 11.6 Å². The van der Waals surface area contributed by atoms with Gasteiger partial charge in [0.2, 0.25) is 5.91 Å². The van der Waals surface area contributed by atoms with Crippen LogP contribution in [0.2, 0.25) is 0 Å². The molecule has 1 amide bonds. The lowest BCUT2D eigenvalue weighted by Crippen LogP contribution is -2.50. The molecule has 4 rings (SSSR count). The van der Waals surface area contributed by atoms with E-state index in [1.165, 1.54) is 15.6 Å². The van der Waals surface area contributed by atoms with Gasteiger partial charge in [-0.1, -0.05) is 30.3 Å². The Morgan fingerprint density at radius 1 is 1.22 bits per heavy atom. The molecule has 0 bridgehead atoms. The standard InChI is InChI=1S/C18H17N3O3S3/c1-12-10-19-18(26-12)20-17(22)15-9-13-5-2-3-6-14(13)11-21(15)27(23,24)16-7-4-8-25-16/h2-8,10,15H,9,11H2,1H3,(H,19,20,22). The van der Waals surface area contributed by atoms with Crippen molar-refractivity contribution < 1.29 is 13.2 Å². The van der Waals surface area contributed by atoms with Crippen LogP contribution in [0.15, 0.2) is 52.2 Å². The Bertz CT molecular complexity index is 1070. The van der Waals surface area contributed by atoms with Gasteiger partial charge >= 0.3 is 0 Å². The minimum absolute atomic E-state index is 0.172. The molecular weight excluding hydrogens is 402 g/mol. The average Bonchev–Trinajstić information content (AvgIpc) is 3.33. The van der Waals surface area contributed by atoms with Gasteiger partial charge in [0.15, 0.2) is 5.13 Å². The summed E-state index contributed by atoms with van der Waals surface area (Å²) in [5.41, 5.74) is 1.91. The number of amides is 1. The summed E-state index contributed by atoms with van der Waals surface area (Å²) in [6.07, 6.45) is 2.01. The van der Waals surface area contributed by atoms with Crippen molar-refractivity contribution in [2.75, 3.05) is 5.32 Å². The number of carbonyl (C=O) groups excluding carboxylic acids is 1. The number of thiazole rings is 1. The topological polar surface area (TPSA) is 79.4 Å². The highest BCUT2D eigenvalue weighted by Crippen LogP contribution is 2.31. The van der Waals surface area contributed by atoms with Gasteiger partial charge in [-0.25, -0.2) is 13.4 Å². The number of hydrogen-bond acceptors (Lipinski definition) is 6. The summed E-state index contributed by atoms with van der Waals surface area (Å²) < 4.78 is 27.9. The molecule has 1 atom stereocenters. The van der Waals surface area contributed by atoms with Gasteiger partial charge in [0.25, 0.3) is 10.0 Å². The second-order valence-corrected chi connectivity index (χ2v) is 10.5. The lowest BCUT2D eigenvalue weighted by Gasteiger charge is -2.34. The first kappa shape index (κ1) is 18.3. The maximum atomic E-state index is 13.2. The molecule has 1 aromatic carbocycles. The summed E-state index contributed by atoms with van der Waals surface area (Å²) in [5.74, 6) is -0.362. The highest BCUT2D eigenvalue weighted by Gasteiger charge is 2.40. The first-order chi connectivity index (χ1) is 12.9. The number of carbonyl (C=O) groups is 1. The highest BCUT2D eigenvalue weighted by atomic mass is 32.2. The van der Waals surface area contributed by atoms with E-state index in [9.17, 15) is 13.2 Å². The molecule has 9 heteroatoms. The quantitative estimate of drug-likeness (QED) is 0.704. The van der Waals surface area contributed by atoms with Gasteiger partial charge in [-0.05, 0) is 35.9 Å². The number of thiophene rings is 1. The van der Waals surface area contributed by atoms with E-state index >= 15 is 0 Å². The van der Waals surface area contributed by atoms with E-state index in [1.807, 2.05) is 31.2 Å². The van der Waals surface area contributed by atoms with E-state index in [0.717, 1.165) is 27.3 Å². The van der Waals surface area contributed by atoms with Crippen molar-refractivity contribution in [3.63, 3.8) is 0 Å². The minimum atomic E-state index is -3.77. The van der Waals surface area contributed by atoms with Gasteiger partial charge in [0, 0.05) is 17.6 Å². The number of aromatic nitrogens is 1. The zero-order valence-electron chi connectivity index (χ0n) is 14.5. The van der Waals surface area contributed by atoms with Crippen molar-refractivity contribution in [3.8, 4) is 0 Å². The number of benzene rings is 1. The molecule has 140 valence electrons. The van der Waals surface area contributed by atoms with Crippen molar-refractivity contribution in [1.82, 2.24) is 9.29 Å². The maximum absolute atomic E-state index is 13.2. The predicted octanol–water partition coefficient (Wildman–Crippen LogP) is 3.27. The number of rotatable bonds is 4. The summed E-state index contributed by atoms with van der Waals surface area (Å²) in [6, 6.07) is 10.1. The van der Waals surface area contributed by atoms with Gasteiger partial charge < -0.3 is 5.32 Å². The van der Waals surface area contributed by atoms with Crippen molar-refractivity contribution >= 4 is 43.7 Å². The Hall–Kier alpha value is -2.07. The second kappa shape index (κ2) is 7.16. The van der Waals surface area contributed by atoms with Crippen molar-refractivity contribution in [1.29, 1.82) is 0 Å². The Morgan fingerprint density at radius 3 is 2.67 bits per heavy atom. The van der Waals surface area contributed by atoms with Gasteiger partial charge in [0.05, 0.1) is 0 Å². The van der Waals surface area contributed by atoms with Gasteiger partial charge in [0.1, 0.15) is 10.3 Å². The first-order valence-corrected chi connectivity index (χ1v) is 11.4. The molecule has 1 unspecified atom stereocenters. The van der Waals surface area contributed by atoms with Crippen molar-refractivity contribution in [2.45, 2.75) is 30.1 Å². The summed E-state index contributed by atoms with van der Waals surface area (Å²) >= 11 is 2.52. The molecule has 0 aliphatic carbocycles. The molecule has 3 heterocycles. The van der Waals surface area contributed by atoms with Crippen LogP contribution in [0.5, 0.6) is 0 Å². The molecular formula is C18H17N3O3S3. The van der Waals surface area contributed by atoms with E-state index in [4.69, 9.17) is 0 Å². The number of nitrogens with one attached hydrogen (secondary N) is 1. The number of hydrogen-bond donors (Lipinski definition) is 1. The molecule has 27 heavy (non-hydrogen) atoms. The Balaban J connectivity index is 1.70. The largest absolute Gasteiger partial charge is 0.301 e. The summed E-state index contributed by atoms with van der Waals surface area (Å²) in [6.45, 7) is 2.07. The lowest BCUT2D eigenvalue weighted by atomic mass is 9.95. The third kappa shape index (κ3) is 3.55. The van der Waals surface area contributed by atoms with Gasteiger partial charge in [-0.3, -0.25) is 4.79 Å². The molecule has 0 saturated heterocycles. The maximum Gasteiger partial charge on any atom is 0.253 e. The number of nitrogens with zero attached hydrogens (tertiary/aromatic N) is 2. The number of aryl methyl sites for hydroxylation is 1. The fourth-order valence-corrected chi connectivity index (χ4v) is 6.45. The fourth-order valence-electron chi connectivity index (χ4n) is 3.10. The van der Waals surface area contributed by atoms with E-state index < -0.39 is 16.1 Å². The van der Waals surface area contributed by atoms with Crippen molar-refractivity contribution in [2.24, 2.45) is 0 Å². The van der Waals surface area contributed by atoms with Gasteiger partial charge in [-0.15, -0.1) is 22.7 Å². The van der Waals surface area contributed by atoms with Crippen LogP contribution in [0.1, 0.15) is 16.0 Å². The third-order valence-corrected chi connectivity index (χ3v) is 8.47. The van der Waals surface area contributed by atoms with E-state index in [2.05, 4.69) is 10.3 Å². The van der Waals surface area contributed by atoms with Crippen molar-refractivity contribution in [3.05, 3.63) is 64.0 Å². The number of fused-ring (bicyclic) bond motifs is 1.